The van der Waals surface area contributed by atoms with Crippen molar-refractivity contribution in [2.24, 2.45) is 5.92 Å². The Hall–Kier alpha value is -2.80. The van der Waals surface area contributed by atoms with Crippen molar-refractivity contribution in [1.29, 1.82) is 0 Å². The van der Waals surface area contributed by atoms with Crippen molar-refractivity contribution in [3.8, 4) is 11.5 Å². The van der Waals surface area contributed by atoms with Crippen LogP contribution in [0.3, 0.4) is 0 Å². The number of amides is 2. The highest BCUT2D eigenvalue weighted by atomic mass is 19.1. The predicted molar refractivity (Wildman–Crippen MR) is 109 cm³/mol. The Morgan fingerprint density at radius 2 is 1.83 bits per heavy atom. The standard InChI is InChI=1S/C22H26FN3O3/c23-19-4-2-1-3-17(19)15-26-9-7-16(8-10-26)14-24-22(27)25-18-5-6-20-21(13-18)29-12-11-28-20/h1-6,13,16H,7-12,14-15H2,(H2,24,25,27). The van der Waals surface area contributed by atoms with Gasteiger partial charge >= 0.3 is 6.03 Å². The van der Waals surface area contributed by atoms with Crippen LogP contribution in [0.5, 0.6) is 11.5 Å². The molecule has 4 rings (SSSR count). The summed E-state index contributed by atoms with van der Waals surface area (Å²) in [4.78, 5) is 14.5. The number of benzene rings is 2. The van der Waals surface area contributed by atoms with Crippen LogP contribution in [-0.2, 0) is 6.54 Å². The lowest BCUT2D eigenvalue weighted by atomic mass is 9.96. The Morgan fingerprint density at radius 3 is 2.62 bits per heavy atom. The number of hydrogen-bond donors (Lipinski definition) is 2. The topological polar surface area (TPSA) is 62.8 Å². The summed E-state index contributed by atoms with van der Waals surface area (Å²) in [5.41, 5.74) is 1.41. The molecule has 0 unspecified atom stereocenters. The first kappa shape index (κ1) is 19.5. The first-order valence-electron chi connectivity index (χ1n) is 10.1. The van der Waals surface area contributed by atoms with Crippen molar-refractivity contribution >= 4 is 11.7 Å². The number of fused-ring (bicyclic) bond motifs is 1. The highest BCUT2D eigenvalue weighted by Crippen LogP contribution is 2.32. The number of carbonyl (C=O) groups excluding carboxylic acids is 1. The smallest absolute Gasteiger partial charge is 0.319 e. The number of nitrogens with zero attached hydrogens (tertiary/aromatic N) is 1. The molecular formula is C22H26FN3O3. The number of anilines is 1. The Kier molecular flexibility index (Phi) is 6.14. The van der Waals surface area contributed by atoms with Gasteiger partial charge < -0.3 is 20.1 Å². The van der Waals surface area contributed by atoms with E-state index in [9.17, 15) is 9.18 Å². The van der Waals surface area contributed by atoms with Crippen molar-refractivity contribution in [3.05, 3.63) is 53.8 Å². The average Bonchev–Trinajstić information content (AvgIpc) is 2.75. The maximum Gasteiger partial charge on any atom is 0.319 e. The van der Waals surface area contributed by atoms with Crippen molar-refractivity contribution in [3.63, 3.8) is 0 Å². The van der Waals surface area contributed by atoms with Crippen LogP contribution >= 0.6 is 0 Å². The zero-order valence-electron chi connectivity index (χ0n) is 16.3. The van der Waals surface area contributed by atoms with Gasteiger partial charge in [0.2, 0.25) is 0 Å². The van der Waals surface area contributed by atoms with Gasteiger partial charge in [0.05, 0.1) is 0 Å². The van der Waals surface area contributed by atoms with Crippen LogP contribution in [0, 0.1) is 11.7 Å². The number of urea groups is 1. The summed E-state index contributed by atoms with van der Waals surface area (Å²) in [5.74, 6) is 1.63. The minimum absolute atomic E-state index is 0.146. The maximum atomic E-state index is 13.8. The number of nitrogens with one attached hydrogen (secondary N) is 2. The van der Waals surface area contributed by atoms with E-state index < -0.39 is 0 Å². The fraction of sp³-hybridized carbons (Fsp3) is 0.409. The van der Waals surface area contributed by atoms with Crippen LogP contribution in [0.25, 0.3) is 0 Å². The van der Waals surface area contributed by atoms with Crippen LogP contribution in [0.1, 0.15) is 18.4 Å². The number of likely N-dealkylation sites (tertiary alicyclic amines) is 1. The van der Waals surface area contributed by atoms with Gasteiger partial charge in [0, 0.05) is 30.4 Å². The SMILES string of the molecule is O=C(NCC1CCN(Cc2ccccc2F)CC1)Nc1ccc2c(c1)OCCO2. The number of halogens is 1. The van der Waals surface area contributed by atoms with E-state index in [0.717, 1.165) is 31.5 Å². The zero-order valence-corrected chi connectivity index (χ0v) is 16.3. The molecule has 0 spiro atoms. The van der Waals surface area contributed by atoms with E-state index in [1.165, 1.54) is 6.07 Å². The van der Waals surface area contributed by atoms with Crippen LogP contribution < -0.4 is 20.1 Å². The van der Waals surface area contributed by atoms with E-state index in [0.29, 0.717) is 49.4 Å². The molecule has 2 aliphatic heterocycles. The Labute approximate surface area is 170 Å². The van der Waals surface area contributed by atoms with Gasteiger partial charge in [-0.15, -0.1) is 0 Å². The summed E-state index contributed by atoms with van der Waals surface area (Å²) in [5, 5.41) is 5.80. The van der Waals surface area contributed by atoms with Crippen molar-refractivity contribution in [2.75, 3.05) is 38.2 Å². The lowest BCUT2D eigenvalue weighted by molar-refractivity contribution is 0.171. The summed E-state index contributed by atoms with van der Waals surface area (Å²) in [7, 11) is 0. The van der Waals surface area contributed by atoms with Gasteiger partial charge in [0.15, 0.2) is 11.5 Å². The van der Waals surface area contributed by atoms with E-state index in [1.54, 1.807) is 24.3 Å². The van der Waals surface area contributed by atoms with Gasteiger partial charge in [-0.2, -0.15) is 0 Å². The van der Waals surface area contributed by atoms with Gasteiger partial charge in [-0.3, -0.25) is 4.90 Å². The highest BCUT2D eigenvalue weighted by Gasteiger charge is 2.20. The molecule has 0 aliphatic carbocycles. The second kappa shape index (κ2) is 9.13. The lowest BCUT2D eigenvalue weighted by Crippen LogP contribution is -2.39. The second-order valence-electron chi connectivity index (χ2n) is 7.50. The molecule has 0 radical (unpaired) electrons. The Balaban J connectivity index is 1.19. The van der Waals surface area contributed by atoms with Crippen LogP contribution in [0.15, 0.2) is 42.5 Å². The first-order chi connectivity index (χ1) is 14.2. The van der Waals surface area contributed by atoms with Gasteiger partial charge in [-0.25, -0.2) is 9.18 Å². The van der Waals surface area contributed by atoms with E-state index in [4.69, 9.17) is 9.47 Å². The van der Waals surface area contributed by atoms with E-state index in [-0.39, 0.29) is 11.8 Å². The maximum absolute atomic E-state index is 13.8. The third kappa shape index (κ3) is 5.17. The Morgan fingerprint density at radius 1 is 1.07 bits per heavy atom. The molecule has 2 N–H and O–H groups in total. The lowest BCUT2D eigenvalue weighted by Gasteiger charge is -2.32. The summed E-state index contributed by atoms with van der Waals surface area (Å²) >= 11 is 0. The molecule has 6 nitrogen and oxygen atoms in total. The molecule has 29 heavy (non-hydrogen) atoms. The van der Waals surface area contributed by atoms with E-state index in [2.05, 4.69) is 15.5 Å². The molecule has 2 heterocycles. The van der Waals surface area contributed by atoms with Crippen LogP contribution in [0.2, 0.25) is 0 Å². The minimum Gasteiger partial charge on any atom is -0.486 e. The summed E-state index contributed by atoms with van der Waals surface area (Å²) in [6.07, 6.45) is 1.97. The molecule has 1 fully saturated rings. The zero-order chi connectivity index (χ0) is 20.1. The van der Waals surface area contributed by atoms with E-state index >= 15 is 0 Å². The average molecular weight is 399 g/mol. The number of ether oxygens (including phenoxy) is 2. The molecule has 2 aliphatic rings. The summed E-state index contributed by atoms with van der Waals surface area (Å²) < 4.78 is 24.8. The molecule has 1 saturated heterocycles. The highest BCUT2D eigenvalue weighted by molar-refractivity contribution is 5.89. The van der Waals surface area contributed by atoms with Crippen LogP contribution in [-0.4, -0.2) is 43.8 Å². The van der Waals surface area contributed by atoms with Crippen molar-refractivity contribution in [1.82, 2.24) is 10.2 Å². The third-order valence-corrected chi connectivity index (χ3v) is 5.41. The molecule has 2 aromatic rings. The van der Waals surface area contributed by atoms with Crippen molar-refractivity contribution < 1.29 is 18.7 Å². The molecule has 0 aromatic heterocycles. The molecule has 154 valence electrons. The predicted octanol–water partition coefficient (Wildman–Crippen LogP) is 3.63. The monoisotopic (exact) mass is 399 g/mol. The van der Waals surface area contributed by atoms with Gasteiger partial charge in [-0.1, -0.05) is 18.2 Å². The number of carbonyl (C=O) groups is 1. The number of hydrogen-bond acceptors (Lipinski definition) is 4. The van der Waals surface area contributed by atoms with Crippen LogP contribution in [0.4, 0.5) is 14.9 Å². The number of piperidine rings is 1. The summed E-state index contributed by atoms with van der Waals surface area (Å²) in [6, 6.07) is 12.1. The molecule has 0 saturated carbocycles. The molecular weight excluding hydrogens is 373 g/mol. The summed E-state index contributed by atoms with van der Waals surface area (Å²) in [6.45, 7) is 4.13. The molecule has 2 aromatic carbocycles. The fourth-order valence-corrected chi connectivity index (χ4v) is 3.75. The molecule has 0 atom stereocenters. The van der Waals surface area contributed by atoms with Gasteiger partial charge in [0.1, 0.15) is 19.0 Å². The normalized spacial score (nSPS) is 17.0. The fourth-order valence-electron chi connectivity index (χ4n) is 3.75. The van der Waals surface area contributed by atoms with E-state index in [1.807, 2.05) is 12.1 Å². The second-order valence-corrected chi connectivity index (χ2v) is 7.50. The molecule has 2 amide bonds. The Bertz CT molecular complexity index is 853. The largest absolute Gasteiger partial charge is 0.486 e. The quantitative estimate of drug-likeness (QED) is 0.806. The first-order valence-corrected chi connectivity index (χ1v) is 10.1. The van der Waals surface area contributed by atoms with Crippen molar-refractivity contribution in [2.45, 2.75) is 19.4 Å². The molecule has 0 bridgehead atoms. The third-order valence-electron chi connectivity index (χ3n) is 5.41. The number of rotatable bonds is 5. The minimum atomic E-state index is -0.226. The van der Waals surface area contributed by atoms with Gasteiger partial charge in [0.25, 0.3) is 0 Å². The van der Waals surface area contributed by atoms with Gasteiger partial charge in [-0.05, 0) is 50.0 Å². The molecule has 7 heteroatoms.